The molecule has 0 fully saturated rings. The SMILES string of the molecule is CCCC(O)(CCC)C(C)C(=O)OC(C)(C)C. The van der Waals surface area contributed by atoms with Gasteiger partial charge in [0.05, 0.1) is 11.5 Å². The minimum Gasteiger partial charge on any atom is -0.460 e. The van der Waals surface area contributed by atoms with Crippen molar-refractivity contribution in [3.8, 4) is 0 Å². The maximum Gasteiger partial charge on any atom is 0.312 e. The number of carbonyl (C=O) groups excluding carboxylic acids is 1. The van der Waals surface area contributed by atoms with E-state index >= 15 is 0 Å². The van der Waals surface area contributed by atoms with Crippen molar-refractivity contribution in [2.24, 2.45) is 5.92 Å². The van der Waals surface area contributed by atoms with E-state index in [-0.39, 0.29) is 5.97 Å². The van der Waals surface area contributed by atoms with Gasteiger partial charge in [-0.05, 0) is 40.5 Å². The van der Waals surface area contributed by atoms with Crippen molar-refractivity contribution >= 4 is 5.97 Å². The van der Waals surface area contributed by atoms with Gasteiger partial charge < -0.3 is 9.84 Å². The first kappa shape index (κ1) is 16.4. The number of aliphatic hydroxyl groups is 1. The summed E-state index contributed by atoms with van der Waals surface area (Å²) in [5.74, 6) is -0.775. The zero-order chi connectivity index (χ0) is 13.7. The summed E-state index contributed by atoms with van der Waals surface area (Å²) < 4.78 is 5.34. The van der Waals surface area contributed by atoms with Crippen LogP contribution in [0.3, 0.4) is 0 Å². The van der Waals surface area contributed by atoms with Gasteiger partial charge in [-0.1, -0.05) is 26.7 Å². The number of hydrogen-bond donors (Lipinski definition) is 1. The number of hydrogen-bond acceptors (Lipinski definition) is 3. The molecular formula is C14H28O3. The topological polar surface area (TPSA) is 46.5 Å². The quantitative estimate of drug-likeness (QED) is 0.729. The van der Waals surface area contributed by atoms with Gasteiger partial charge in [-0.3, -0.25) is 4.79 Å². The minimum absolute atomic E-state index is 0.304. The fraction of sp³-hybridized carbons (Fsp3) is 0.929. The Bertz CT molecular complexity index is 234. The second kappa shape index (κ2) is 6.39. The van der Waals surface area contributed by atoms with Crippen LogP contribution in [0.5, 0.6) is 0 Å². The van der Waals surface area contributed by atoms with Crippen LogP contribution in [0, 0.1) is 5.92 Å². The minimum atomic E-state index is -0.925. The highest BCUT2D eigenvalue weighted by Crippen LogP contribution is 2.30. The molecule has 0 aliphatic rings. The van der Waals surface area contributed by atoms with Crippen LogP contribution < -0.4 is 0 Å². The molecule has 0 spiro atoms. The van der Waals surface area contributed by atoms with Crippen molar-refractivity contribution in [2.45, 2.75) is 78.4 Å². The van der Waals surface area contributed by atoms with E-state index in [2.05, 4.69) is 0 Å². The molecular weight excluding hydrogens is 216 g/mol. The zero-order valence-electron chi connectivity index (χ0n) is 12.2. The molecule has 0 aromatic rings. The summed E-state index contributed by atoms with van der Waals surface area (Å²) in [6.07, 6.45) is 3.01. The van der Waals surface area contributed by atoms with Crippen LogP contribution in [0.2, 0.25) is 0 Å². The zero-order valence-corrected chi connectivity index (χ0v) is 12.2. The summed E-state index contributed by atoms with van der Waals surface area (Å²) in [5, 5.41) is 10.5. The summed E-state index contributed by atoms with van der Waals surface area (Å²) in [5.41, 5.74) is -1.42. The van der Waals surface area contributed by atoms with Gasteiger partial charge in [0.1, 0.15) is 5.60 Å². The molecule has 0 bridgehead atoms. The van der Waals surface area contributed by atoms with Crippen LogP contribution in [-0.4, -0.2) is 22.3 Å². The number of esters is 1. The average Bonchev–Trinajstić information content (AvgIpc) is 2.14. The Morgan fingerprint density at radius 3 is 1.88 bits per heavy atom. The first-order valence-electron chi connectivity index (χ1n) is 6.61. The molecule has 1 N–H and O–H groups in total. The predicted octanol–water partition coefficient (Wildman–Crippen LogP) is 3.30. The Labute approximate surface area is 106 Å². The molecule has 0 heterocycles. The van der Waals surface area contributed by atoms with Gasteiger partial charge in [-0.25, -0.2) is 0 Å². The Kier molecular flexibility index (Phi) is 6.17. The molecule has 0 amide bonds. The number of rotatable bonds is 6. The van der Waals surface area contributed by atoms with Crippen LogP contribution in [0.15, 0.2) is 0 Å². The van der Waals surface area contributed by atoms with Crippen molar-refractivity contribution in [3.05, 3.63) is 0 Å². The van der Waals surface area contributed by atoms with Crippen LogP contribution in [0.1, 0.15) is 67.2 Å². The highest BCUT2D eigenvalue weighted by molar-refractivity contribution is 5.73. The van der Waals surface area contributed by atoms with Crippen LogP contribution in [-0.2, 0) is 9.53 Å². The first-order chi connectivity index (χ1) is 7.66. The summed E-state index contributed by atoms with van der Waals surface area (Å²) in [4.78, 5) is 12.0. The van der Waals surface area contributed by atoms with Crippen molar-refractivity contribution in [1.29, 1.82) is 0 Å². The summed E-state index contributed by atoms with van der Waals surface area (Å²) in [7, 11) is 0. The van der Waals surface area contributed by atoms with Gasteiger partial charge in [-0.15, -0.1) is 0 Å². The molecule has 3 nitrogen and oxygen atoms in total. The highest BCUT2D eigenvalue weighted by atomic mass is 16.6. The van der Waals surface area contributed by atoms with Crippen molar-refractivity contribution < 1.29 is 14.6 Å². The van der Waals surface area contributed by atoms with E-state index in [0.717, 1.165) is 12.8 Å². The van der Waals surface area contributed by atoms with E-state index in [1.54, 1.807) is 6.92 Å². The van der Waals surface area contributed by atoms with Crippen molar-refractivity contribution in [1.82, 2.24) is 0 Å². The van der Waals surface area contributed by atoms with Crippen molar-refractivity contribution in [3.63, 3.8) is 0 Å². The maximum atomic E-state index is 12.0. The highest BCUT2D eigenvalue weighted by Gasteiger charge is 2.38. The molecule has 0 aliphatic heterocycles. The van der Waals surface area contributed by atoms with E-state index < -0.39 is 17.1 Å². The molecule has 0 aliphatic carbocycles. The van der Waals surface area contributed by atoms with Gasteiger partial charge in [0.2, 0.25) is 0 Å². The van der Waals surface area contributed by atoms with E-state index in [0.29, 0.717) is 12.8 Å². The lowest BCUT2D eigenvalue weighted by atomic mass is 9.81. The second-order valence-electron chi connectivity index (χ2n) is 5.86. The summed E-state index contributed by atoms with van der Waals surface area (Å²) in [6.45, 7) is 11.3. The first-order valence-corrected chi connectivity index (χ1v) is 6.61. The van der Waals surface area contributed by atoms with Gasteiger partial charge in [-0.2, -0.15) is 0 Å². The lowest BCUT2D eigenvalue weighted by Crippen LogP contribution is -2.43. The normalized spacial score (nSPS) is 14.5. The lowest BCUT2D eigenvalue weighted by Gasteiger charge is -2.34. The van der Waals surface area contributed by atoms with E-state index in [9.17, 15) is 9.90 Å². The number of carbonyl (C=O) groups is 1. The largest absolute Gasteiger partial charge is 0.460 e. The Hall–Kier alpha value is -0.570. The Morgan fingerprint density at radius 2 is 1.59 bits per heavy atom. The van der Waals surface area contributed by atoms with Crippen molar-refractivity contribution in [2.75, 3.05) is 0 Å². The fourth-order valence-corrected chi connectivity index (χ4v) is 2.03. The molecule has 0 aromatic heterocycles. The molecule has 0 saturated carbocycles. The number of ether oxygens (including phenoxy) is 1. The molecule has 0 radical (unpaired) electrons. The molecule has 1 atom stereocenters. The van der Waals surface area contributed by atoms with E-state index in [1.807, 2.05) is 34.6 Å². The van der Waals surface area contributed by atoms with Crippen LogP contribution in [0.4, 0.5) is 0 Å². The molecule has 0 rings (SSSR count). The molecule has 1 unspecified atom stereocenters. The molecule has 0 saturated heterocycles. The van der Waals surface area contributed by atoms with Crippen LogP contribution >= 0.6 is 0 Å². The lowest BCUT2D eigenvalue weighted by molar-refractivity contribution is -0.170. The average molecular weight is 244 g/mol. The maximum absolute atomic E-state index is 12.0. The second-order valence-corrected chi connectivity index (χ2v) is 5.86. The van der Waals surface area contributed by atoms with Gasteiger partial charge in [0, 0.05) is 0 Å². The monoisotopic (exact) mass is 244 g/mol. The predicted molar refractivity (Wildman–Crippen MR) is 69.8 cm³/mol. The van der Waals surface area contributed by atoms with Gasteiger partial charge in [0.25, 0.3) is 0 Å². The standard InChI is InChI=1S/C14H28O3/c1-7-9-14(16,10-8-2)11(3)12(15)17-13(4,5)6/h11,16H,7-10H2,1-6H3. The van der Waals surface area contributed by atoms with Crippen LogP contribution in [0.25, 0.3) is 0 Å². The molecule has 3 heteroatoms. The van der Waals surface area contributed by atoms with E-state index in [1.165, 1.54) is 0 Å². The third-order valence-electron chi connectivity index (χ3n) is 2.93. The molecule has 102 valence electrons. The summed E-state index contributed by atoms with van der Waals surface area (Å²) >= 11 is 0. The molecule has 0 aromatic carbocycles. The van der Waals surface area contributed by atoms with Gasteiger partial charge >= 0.3 is 5.97 Å². The Morgan fingerprint density at radius 1 is 1.18 bits per heavy atom. The third kappa shape index (κ3) is 5.53. The fourth-order valence-electron chi connectivity index (χ4n) is 2.03. The summed E-state index contributed by atoms with van der Waals surface area (Å²) in [6, 6.07) is 0. The third-order valence-corrected chi connectivity index (χ3v) is 2.93. The van der Waals surface area contributed by atoms with Gasteiger partial charge in [0.15, 0.2) is 0 Å². The Balaban J connectivity index is 4.71. The molecule has 17 heavy (non-hydrogen) atoms. The van der Waals surface area contributed by atoms with E-state index in [4.69, 9.17) is 4.74 Å². The smallest absolute Gasteiger partial charge is 0.312 e.